The summed E-state index contributed by atoms with van der Waals surface area (Å²) in [4.78, 5) is 21.8. The van der Waals surface area contributed by atoms with Crippen LogP contribution in [-0.2, 0) is 31.5 Å². The maximum atomic E-state index is 11.0. The molecular weight excluding hydrogens is 297 g/mol. The van der Waals surface area contributed by atoms with Gasteiger partial charge >= 0.3 is 5.51 Å². The molecule has 106 valence electrons. The Morgan fingerprint density at radius 1 is 1.33 bits per heavy atom. The Kier molecular flexibility index (Phi) is 6.30. The van der Waals surface area contributed by atoms with Crippen LogP contribution in [0.1, 0.15) is 19.3 Å². The zero-order valence-electron chi connectivity index (χ0n) is 9.23. The van der Waals surface area contributed by atoms with Crippen LogP contribution in [0, 0.1) is 0 Å². The lowest BCUT2D eigenvalue weighted by molar-refractivity contribution is -0.137. The first kappa shape index (κ1) is 17.4. The summed E-state index contributed by atoms with van der Waals surface area (Å²) in [6, 6.07) is 0. The van der Waals surface area contributed by atoms with E-state index < -0.39 is 15.6 Å². The number of carbonyl (C=O) groups is 2. The molecule has 0 saturated heterocycles. The number of hydrogen-bond acceptors (Lipinski definition) is 5. The van der Waals surface area contributed by atoms with Crippen molar-refractivity contribution in [3.8, 4) is 0 Å². The van der Waals surface area contributed by atoms with E-state index in [2.05, 4.69) is 0 Å². The minimum atomic E-state index is -6.09. The highest BCUT2D eigenvalue weighted by Crippen LogP contribution is 2.20. The van der Waals surface area contributed by atoms with Crippen LogP contribution in [0.4, 0.5) is 13.2 Å². The third-order valence-corrected chi connectivity index (χ3v) is 3.74. The van der Waals surface area contributed by atoms with Crippen molar-refractivity contribution in [1.29, 1.82) is 0 Å². The topological polar surface area (TPSA) is 91.3 Å². The Bertz CT molecular complexity index is 415. The van der Waals surface area contributed by atoms with E-state index in [4.69, 9.17) is 13.0 Å². The fraction of sp³-hybridized carbons (Fsp3) is 0.750. The molecule has 0 aliphatic heterocycles. The lowest BCUT2D eigenvalue weighted by Crippen LogP contribution is -2.33. The van der Waals surface area contributed by atoms with Crippen molar-refractivity contribution in [1.82, 2.24) is 0 Å². The minimum Gasteiger partial charge on any atom is -0.741 e. The molecule has 1 aliphatic rings. The zero-order valence-corrected chi connectivity index (χ0v) is 10.9. The van der Waals surface area contributed by atoms with Gasteiger partial charge in [-0.15, -0.1) is 0 Å². The normalized spacial score (nSPS) is 21.3. The molecular formula is C8H11F3O5S2. The van der Waals surface area contributed by atoms with Crippen molar-refractivity contribution in [2.75, 3.05) is 6.26 Å². The molecule has 0 aromatic carbocycles. The molecule has 0 bridgehead atoms. The summed E-state index contributed by atoms with van der Waals surface area (Å²) in [5.41, 5.74) is -5.65. The van der Waals surface area contributed by atoms with Crippen molar-refractivity contribution in [3.05, 3.63) is 0 Å². The van der Waals surface area contributed by atoms with Gasteiger partial charge in [-0.2, -0.15) is 13.2 Å². The molecule has 1 unspecified atom stereocenters. The van der Waals surface area contributed by atoms with Gasteiger partial charge in [-0.3, -0.25) is 9.59 Å². The highest BCUT2D eigenvalue weighted by Gasteiger charge is 2.37. The molecule has 0 heterocycles. The van der Waals surface area contributed by atoms with E-state index in [-0.39, 0.29) is 16.8 Å². The van der Waals surface area contributed by atoms with Crippen LogP contribution in [-0.4, -0.2) is 41.6 Å². The quantitative estimate of drug-likeness (QED) is 0.226. The van der Waals surface area contributed by atoms with Crippen LogP contribution >= 0.6 is 0 Å². The van der Waals surface area contributed by atoms with Crippen LogP contribution in [0.25, 0.3) is 0 Å². The van der Waals surface area contributed by atoms with E-state index in [1.165, 1.54) is 0 Å². The van der Waals surface area contributed by atoms with Crippen molar-refractivity contribution < 1.29 is 35.7 Å². The number of carbonyl (C=O) groups excluding carboxylic acids is 2. The molecule has 0 radical (unpaired) electrons. The molecule has 0 aromatic heterocycles. The predicted octanol–water partition coefficient (Wildman–Crippen LogP) is 0.173. The number of halogens is 3. The van der Waals surface area contributed by atoms with Gasteiger partial charge in [-0.1, -0.05) is 0 Å². The molecule has 5 nitrogen and oxygen atoms in total. The summed E-state index contributed by atoms with van der Waals surface area (Å²) in [6.45, 7) is 0. The lowest BCUT2D eigenvalue weighted by Gasteiger charge is -2.11. The van der Waals surface area contributed by atoms with Crippen LogP contribution in [0.2, 0.25) is 0 Å². The Hall–Kier alpha value is -0.610. The third-order valence-electron chi connectivity index (χ3n) is 2.05. The Morgan fingerprint density at radius 3 is 2.06 bits per heavy atom. The van der Waals surface area contributed by atoms with Gasteiger partial charge in [0.05, 0.1) is 6.26 Å². The first-order valence-corrected chi connectivity index (χ1v) is 7.50. The fourth-order valence-electron chi connectivity index (χ4n) is 1.14. The summed E-state index contributed by atoms with van der Waals surface area (Å²) in [5, 5.41) is 0.0150. The second kappa shape index (κ2) is 6.53. The zero-order chi connectivity index (χ0) is 14.6. The Labute approximate surface area is 106 Å². The van der Waals surface area contributed by atoms with E-state index in [9.17, 15) is 22.8 Å². The van der Waals surface area contributed by atoms with Crippen LogP contribution in [0.5, 0.6) is 0 Å². The average molecular weight is 308 g/mol. The molecule has 1 saturated carbocycles. The number of hydrogen-bond donors (Lipinski definition) is 0. The van der Waals surface area contributed by atoms with Crippen LogP contribution < -0.4 is 0 Å². The molecule has 1 fully saturated rings. The second-order valence-electron chi connectivity index (χ2n) is 3.35. The highest BCUT2D eigenvalue weighted by atomic mass is 32.2. The molecule has 0 aromatic rings. The summed E-state index contributed by atoms with van der Waals surface area (Å²) >= 11 is 1.05. The SMILES string of the molecule is C[SH+]C1CCCC(=O)C1=O.O=S(=O)([O-])C(F)(F)F. The molecule has 0 amide bonds. The fourth-order valence-corrected chi connectivity index (χ4v) is 1.96. The van der Waals surface area contributed by atoms with E-state index in [1.54, 1.807) is 0 Å². The van der Waals surface area contributed by atoms with Crippen LogP contribution in [0.3, 0.4) is 0 Å². The summed E-state index contributed by atoms with van der Waals surface area (Å²) in [7, 11) is -6.09. The summed E-state index contributed by atoms with van der Waals surface area (Å²) in [5.74, 6) is -0.305. The molecule has 0 N–H and O–H groups in total. The Balaban J connectivity index is 0.000000331. The smallest absolute Gasteiger partial charge is 0.485 e. The van der Waals surface area contributed by atoms with Gasteiger partial charge in [0, 0.05) is 12.8 Å². The largest absolute Gasteiger partial charge is 0.741 e. The van der Waals surface area contributed by atoms with Gasteiger partial charge in [-0.05, 0) is 18.2 Å². The number of thiol groups is 1. The molecule has 1 atom stereocenters. The van der Waals surface area contributed by atoms with Crippen LogP contribution in [0.15, 0.2) is 0 Å². The number of rotatable bonds is 1. The molecule has 18 heavy (non-hydrogen) atoms. The Morgan fingerprint density at radius 2 is 1.78 bits per heavy atom. The minimum absolute atomic E-state index is 0.0150. The van der Waals surface area contributed by atoms with Crippen molar-refractivity contribution in [2.45, 2.75) is 30.0 Å². The molecule has 10 heteroatoms. The van der Waals surface area contributed by atoms with Gasteiger partial charge in [0.15, 0.2) is 15.4 Å². The summed E-state index contributed by atoms with van der Waals surface area (Å²) in [6.07, 6.45) is 4.21. The second-order valence-corrected chi connectivity index (χ2v) is 5.86. The molecule has 1 aliphatic carbocycles. The van der Waals surface area contributed by atoms with Crippen molar-refractivity contribution in [2.24, 2.45) is 0 Å². The third kappa shape index (κ3) is 5.36. The van der Waals surface area contributed by atoms with E-state index in [0.29, 0.717) is 6.42 Å². The van der Waals surface area contributed by atoms with Gasteiger partial charge in [0.25, 0.3) is 0 Å². The van der Waals surface area contributed by atoms with Gasteiger partial charge < -0.3 is 4.55 Å². The highest BCUT2D eigenvalue weighted by molar-refractivity contribution is 7.86. The number of ketones is 2. The maximum Gasteiger partial charge on any atom is 0.485 e. The van der Waals surface area contributed by atoms with E-state index in [0.717, 1.165) is 24.6 Å². The maximum absolute atomic E-state index is 11.0. The first-order chi connectivity index (χ1) is 8.00. The summed E-state index contributed by atoms with van der Waals surface area (Å²) < 4.78 is 58.9. The van der Waals surface area contributed by atoms with Gasteiger partial charge in [0.1, 0.15) is 0 Å². The van der Waals surface area contributed by atoms with Crippen molar-refractivity contribution in [3.63, 3.8) is 0 Å². The standard InChI is InChI=1S/C7H10O2S.CHF3O3S/c1-10-6-4-2-3-5(8)7(6)9;2-1(3,4)8(5,6)7/h6H,2-4H2,1H3;(H,5,6,7). The first-order valence-electron chi connectivity index (χ1n) is 4.69. The molecule has 1 rings (SSSR count). The van der Waals surface area contributed by atoms with Gasteiger partial charge in [0.2, 0.25) is 11.6 Å². The molecule has 0 spiro atoms. The monoisotopic (exact) mass is 308 g/mol. The predicted molar refractivity (Wildman–Crippen MR) is 58.1 cm³/mol. The van der Waals surface area contributed by atoms with E-state index >= 15 is 0 Å². The number of alkyl halides is 3. The van der Waals surface area contributed by atoms with Crippen molar-refractivity contribution >= 4 is 33.4 Å². The number of Topliss-reactive ketones (excluding diaryl/α,β-unsaturated/α-hetero) is 2. The average Bonchev–Trinajstić information content (AvgIpc) is 2.20. The van der Waals surface area contributed by atoms with E-state index in [1.807, 2.05) is 6.26 Å². The van der Waals surface area contributed by atoms with Gasteiger partial charge in [-0.25, -0.2) is 8.42 Å². The lowest BCUT2D eigenvalue weighted by atomic mass is 9.98.